The van der Waals surface area contributed by atoms with Crippen molar-refractivity contribution in [2.45, 2.75) is 20.4 Å². The highest BCUT2D eigenvalue weighted by Crippen LogP contribution is 2.22. The summed E-state index contributed by atoms with van der Waals surface area (Å²) in [6, 6.07) is 6.88. The fourth-order valence-electron chi connectivity index (χ4n) is 2.04. The third kappa shape index (κ3) is 7.00. The number of amides is 1. The Morgan fingerprint density at radius 2 is 1.78 bits per heavy atom. The Hall–Kier alpha value is -1.60. The van der Waals surface area contributed by atoms with E-state index < -0.39 is 10.1 Å². The van der Waals surface area contributed by atoms with Gasteiger partial charge in [-0.05, 0) is 20.2 Å². The fraction of sp³-hybridized carbons (Fsp3) is 0.562. The fourth-order valence-corrected chi connectivity index (χ4v) is 2.53. The molecule has 0 spiro atoms. The maximum Gasteiger partial charge on any atom is 0.306 e. The first-order chi connectivity index (χ1) is 10.6. The minimum Gasteiger partial charge on any atom is -0.382 e. The Bertz CT molecular complexity index is 627. The number of likely N-dealkylation sites (N-methyl/N-ethyl adjacent to an activating group) is 1. The molecule has 1 rings (SSSR count). The normalized spacial score (nSPS) is 11.8. The van der Waals surface area contributed by atoms with Crippen LogP contribution in [0.4, 0.5) is 0 Å². The Kier molecular flexibility index (Phi) is 7.02. The summed E-state index contributed by atoms with van der Waals surface area (Å²) in [7, 11) is 0.277. The van der Waals surface area contributed by atoms with E-state index in [0.29, 0.717) is 18.7 Å². The van der Waals surface area contributed by atoms with E-state index in [-0.39, 0.29) is 17.6 Å². The maximum atomic E-state index is 12.4. The van der Waals surface area contributed by atoms with Crippen LogP contribution < -0.4 is 4.18 Å². The van der Waals surface area contributed by atoms with Gasteiger partial charge in [0.2, 0.25) is 5.91 Å². The molecule has 1 amide bonds. The summed E-state index contributed by atoms with van der Waals surface area (Å²) < 4.78 is 27.8. The van der Waals surface area contributed by atoms with Gasteiger partial charge in [-0.3, -0.25) is 4.79 Å². The van der Waals surface area contributed by atoms with Gasteiger partial charge in [-0.2, -0.15) is 8.42 Å². The van der Waals surface area contributed by atoms with Crippen molar-refractivity contribution in [3.05, 3.63) is 29.8 Å². The van der Waals surface area contributed by atoms with Crippen LogP contribution in [-0.4, -0.2) is 57.6 Å². The highest BCUT2D eigenvalue weighted by molar-refractivity contribution is 7.86. The lowest BCUT2D eigenvalue weighted by molar-refractivity contribution is -0.135. The van der Waals surface area contributed by atoms with Gasteiger partial charge in [0, 0.05) is 31.1 Å². The standard InChI is InChI=1S/C16H26N2O4S/c1-13(2)16(19)18(11-10-17(3)4)12-14-8-6-7-9-15(14)22-23(5,20)21/h6-9,13H,10-12H2,1-5H3. The number of nitrogens with zero attached hydrogens (tertiary/aromatic N) is 2. The Labute approximate surface area is 139 Å². The van der Waals surface area contributed by atoms with Crippen LogP contribution in [0.15, 0.2) is 24.3 Å². The summed E-state index contributed by atoms with van der Waals surface area (Å²) in [5.74, 6) is 0.169. The van der Waals surface area contributed by atoms with E-state index in [9.17, 15) is 13.2 Å². The number of carbonyl (C=O) groups excluding carboxylic acids is 1. The quantitative estimate of drug-likeness (QED) is 0.671. The molecule has 0 aromatic heterocycles. The van der Waals surface area contributed by atoms with Gasteiger partial charge in [-0.15, -0.1) is 0 Å². The summed E-state index contributed by atoms with van der Waals surface area (Å²) in [5.41, 5.74) is 0.672. The molecule has 0 N–H and O–H groups in total. The third-order valence-electron chi connectivity index (χ3n) is 3.20. The molecule has 0 bridgehead atoms. The van der Waals surface area contributed by atoms with Gasteiger partial charge in [0.1, 0.15) is 5.75 Å². The monoisotopic (exact) mass is 342 g/mol. The predicted molar refractivity (Wildman–Crippen MR) is 90.7 cm³/mol. The molecule has 0 fully saturated rings. The molecule has 130 valence electrons. The van der Waals surface area contributed by atoms with E-state index in [1.165, 1.54) is 0 Å². The van der Waals surface area contributed by atoms with Crippen LogP contribution in [0.2, 0.25) is 0 Å². The van der Waals surface area contributed by atoms with Crippen molar-refractivity contribution >= 4 is 16.0 Å². The highest BCUT2D eigenvalue weighted by atomic mass is 32.2. The molecule has 6 nitrogen and oxygen atoms in total. The molecule has 7 heteroatoms. The molecule has 0 unspecified atom stereocenters. The minimum atomic E-state index is -3.61. The van der Waals surface area contributed by atoms with Crippen molar-refractivity contribution in [2.75, 3.05) is 33.4 Å². The molecule has 0 aliphatic rings. The second kappa shape index (κ2) is 8.31. The molecular weight excluding hydrogens is 316 g/mol. The van der Waals surface area contributed by atoms with E-state index in [1.807, 2.05) is 32.8 Å². The zero-order valence-electron chi connectivity index (χ0n) is 14.4. The van der Waals surface area contributed by atoms with E-state index in [1.54, 1.807) is 29.2 Å². The lowest BCUT2D eigenvalue weighted by atomic mass is 10.1. The first-order valence-corrected chi connectivity index (χ1v) is 9.32. The smallest absolute Gasteiger partial charge is 0.306 e. The first-order valence-electron chi connectivity index (χ1n) is 7.51. The summed E-state index contributed by atoms with van der Waals surface area (Å²) in [6.07, 6.45) is 1.01. The van der Waals surface area contributed by atoms with Crippen molar-refractivity contribution in [3.63, 3.8) is 0 Å². The summed E-state index contributed by atoms with van der Waals surface area (Å²) in [6.45, 7) is 5.31. The zero-order chi connectivity index (χ0) is 17.6. The van der Waals surface area contributed by atoms with Crippen LogP contribution in [0, 0.1) is 5.92 Å². The number of carbonyl (C=O) groups is 1. The molecule has 0 saturated carbocycles. The van der Waals surface area contributed by atoms with Crippen LogP contribution >= 0.6 is 0 Å². The molecule has 0 heterocycles. The van der Waals surface area contributed by atoms with Crippen LogP contribution in [0.25, 0.3) is 0 Å². The van der Waals surface area contributed by atoms with Gasteiger partial charge < -0.3 is 14.0 Å². The van der Waals surface area contributed by atoms with E-state index in [4.69, 9.17) is 4.18 Å². The summed E-state index contributed by atoms with van der Waals surface area (Å²) >= 11 is 0. The Morgan fingerprint density at radius 3 is 2.30 bits per heavy atom. The first kappa shape index (κ1) is 19.4. The molecule has 0 saturated heterocycles. The average molecular weight is 342 g/mol. The Morgan fingerprint density at radius 1 is 1.17 bits per heavy atom. The number of rotatable bonds is 8. The maximum absolute atomic E-state index is 12.4. The van der Waals surface area contributed by atoms with E-state index >= 15 is 0 Å². The average Bonchev–Trinajstić information content (AvgIpc) is 2.42. The summed E-state index contributed by atoms with van der Waals surface area (Å²) in [5, 5.41) is 0. The van der Waals surface area contributed by atoms with Gasteiger partial charge in [-0.25, -0.2) is 0 Å². The van der Waals surface area contributed by atoms with Crippen molar-refractivity contribution in [1.29, 1.82) is 0 Å². The van der Waals surface area contributed by atoms with Crippen LogP contribution in [0.3, 0.4) is 0 Å². The molecule has 1 aromatic rings. The van der Waals surface area contributed by atoms with Gasteiger partial charge in [0.15, 0.2) is 0 Å². The highest BCUT2D eigenvalue weighted by Gasteiger charge is 2.19. The topological polar surface area (TPSA) is 66.9 Å². The minimum absolute atomic E-state index is 0.0287. The van der Waals surface area contributed by atoms with Gasteiger partial charge >= 0.3 is 10.1 Å². The van der Waals surface area contributed by atoms with Crippen molar-refractivity contribution < 1.29 is 17.4 Å². The number of benzene rings is 1. The molecule has 0 aliphatic heterocycles. The lowest BCUT2D eigenvalue weighted by Crippen LogP contribution is -2.38. The second-order valence-electron chi connectivity index (χ2n) is 6.11. The number of hydrogen-bond donors (Lipinski definition) is 0. The van der Waals surface area contributed by atoms with Crippen LogP contribution in [0.5, 0.6) is 5.75 Å². The van der Waals surface area contributed by atoms with Crippen LogP contribution in [0.1, 0.15) is 19.4 Å². The van der Waals surface area contributed by atoms with Gasteiger partial charge in [-0.1, -0.05) is 32.0 Å². The molecular formula is C16H26N2O4S. The van der Waals surface area contributed by atoms with Crippen LogP contribution in [-0.2, 0) is 21.5 Å². The SMILES string of the molecule is CC(C)C(=O)N(CCN(C)C)Cc1ccccc1OS(C)(=O)=O. The predicted octanol–water partition coefficient (Wildman–Crippen LogP) is 1.57. The van der Waals surface area contributed by atoms with Gasteiger partial charge in [0.25, 0.3) is 0 Å². The van der Waals surface area contributed by atoms with Gasteiger partial charge in [0.05, 0.1) is 6.26 Å². The molecule has 23 heavy (non-hydrogen) atoms. The Balaban J connectivity index is 3.01. The number of para-hydroxylation sites is 1. The number of hydrogen-bond acceptors (Lipinski definition) is 5. The van der Waals surface area contributed by atoms with Crippen molar-refractivity contribution in [1.82, 2.24) is 9.80 Å². The molecule has 1 aromatic carbocycles. The largest absolute Gasteiger partial charge is 0.382 e. The molecule has 0 atom stereocenters. The van der Waals surface area contributed by atoms with E-state index in [0.717, 1.165) is 12.8 Å². The van der Waals surface area contributed by atoms with Crippen molar-refractivity contribution in [2.24, 2.45) is 5.92 Å². The van der Waals surface area contributed by atoms with Crippen molar-refractivity contribution in [3.8, 4) is 5.75 Å². The molecule has 0 radical (unpaired) electrons. The molecule has 0 aliphatic carbocycles. The second-order valence-corrected chi connectivity index (χ2v) is 7.69. The lowest BCUT2D eigenvalue weighted by Gasteiger charge is -2.26. The van der Waals surface area contributed by atoms with E-state index in [2.05, 4.69) is 0 Å². The zero-order valence-corrected chi connectivity index (χ0v) is 15.3. The summed E-state index contributed by atoms with van der Waals surface area (Å²) in [4.78, 5) is 16.1. The third-order valence-corrected chi connectivity index (χ3v) is 3.68.